The molecule has 4 N–H and O–H groups in total. The molecular weight excluding hydrogens is 534 g/mol. The third-order valence-electron chi connectivity index (χ3n) is 6.81. The smallest absolute Gasteiger partial charge is 0.319 e. The van der Waals surface area contributed by atoms with Crippen LogP contribution in [0.2, 0.25) is 5.02 Å². The molecule has 0 bridgehead atoms. The van der Waals surface area contributed by atoms with Crippen LogP contribution < -0.4 is 25.4 Å². The van der Waals surface area contributed by atoms with E-state index < -0.39 is 6.10 Å². The van der Waals surface area contributed by atoms with E-state index >= 15 is 0 Å². The lowest BCUT2D eigenvalue weighted by molar-refractivity contribution is 0.0745. The number of carbonyl (C=O) groups excluding carboxylic acids is 2. The number of nitrogens with zero attached hydrogens (tertiary/aromatic N) is 2. The number of hydrogen-bond donors (Lipinski definition) is 4. The van der Waals surface area contributed by atoms with Crippen molar-refractivity contribution < 1.29 is 24.2 Å². The van der Waals surface area contributed by atoms with Gasteiger partial charge in [0.05, 0.1) is 21.8 Å². The molecule has 0 radical (unpaired) electrons. The topological polar surface area (TPSA) is 125 Å². The van der Waals surface area contributed by atoms with Crippen molar-refractivity contribution in [2.24, 2.45) is 0 Å². The van der Waals surface area contributed by atoms with Crippen LogP contribution in [0.1, 0.15) is 43.0 Å². The van der Waals surface area contributed by atoms with Crippen molar-refractivity contribution in [2.45, 2.75) is 44.8 Å². The van der Waals surface area contributed by atoms with Gasteiger partial charge in [-0.15, -0.1) is 0 Å². The number of β-amino-alcohol motifs (C(OH)–C–C–N with tert-alkyl or cyclic N) is 1. The van der Waals surface area contributed by atoms with Gasteiger partial charge in [-0.25, -0.2) is 4.79 Å². The van der Waals surface area contributed by atoms with Crippen LogP contribution in [0.3, 0.4) is 0 Å². The number of urea groups is 1. The number of aliphatic hydroxyl groups excluding tert-OH is 1. The summed E-state index contributed by atoms with van der Waals surface area (Å²) in [4.78, 5) is 31.7. The van der Waals surface area contributed by atoms with E-state index in [2.05, 4.69) is 25.8 Å². The van der Waals surface area contributed by atoms with Gasteiger partial charge in [0.15, 0.2) is 0 Å². The summed E-state index contributed by atoms with van der Waals surface area (Å²) in [6, 6.07) is 10.0. The van der Waals surface area contributed by atoms with E-state index in [-0.39, 0.29) is 24.6 Å². The number of ether oxygens (including phenoxy) is 2. The van der Waals surface area contributed by atoms with Crippen LogP contribution in [0.15, 0.2) is 42.6 Å². The number of fused-ring (bicyclic) bond motifs is 1. The Morgan fingerprint density at radius 2 is 1.95 bits per heavy atom. The number of aromatic nitrogens is 1. The second-order valence-electron chi connectivity index (χ2n) is 10.1. The first-order valence-electron chi connectivity index (χ1n) is 13.7. The lowest BCUT2D eigenvalue weighted by Gasteiger charge is -2.20. The number of aliphatic hydroxyl groups is 1. The van der Waals surface area contributed by atoms with E-state index in [1.54, 1.807) is 42.6 Å². The zero-order valence-corrected chi connectivity index (χ0v) is 23.2. The molecule has 3 aromatic rings. The molecule has 3 amide bonds. The largest absolute Gasteiger partial charge is 0.490 e. The number of nitrogens with one attached hydrogen (secondary N) is 3. The molecule has 5 rings (SSSR count). The molecule has 2 aliphatic rings. The SMILES string of the molecule is CCNC(=O)c1cc2c(Oc3ccc(NC(=O)NC4CC4)c(Cl)c3)ccnc2cc1OCC(O)CN1CCCC1. The maximum absolute atomic E-state index is 13.0. The highest BCUT2D eigenvalue weighted by molar-refractivity contribution is 6.33. The van der Waals surface area contributed by atoms with Crippen LogP contribution in [0, 0.1) is 0 Å². The molecule has 2 aromatic carbocycles. The summed E-state index contributed by atoms with van der Waals surface area (Å²) < 4.78 is 12.1. The molecule has 0 spiro atoms. The molecular formula is C29H34ClN5O5. The highest BCUT2D eigenvalue weighted by Crippen LogP contribution is 2.35. The number of carbonyl (C=O) groups is 2. The van der Waals surface area contributed by atoms with Crippen LogP contribution in [0.25, 0.3) is 10.9 Å². The Labute approximate surface area is 238 Å². The molecule has 1 atom stereocenters. The second kappa shape index (κ2) is 12.7. The minimum atomic E-state index is -0.680. The predicted octanol–water partition coefficient (Wildman–Crippen LogP) is 4.55. The molecule has 1 aromatic heterocycles. The van der Waals surface area contributed by atoms with Crippen LogP contribution in [0.5, 0.6) is 17.2 Å². The van der Waals surface area contributed by atoms with Crippen molar-refractivity contribution in [3.63, 3.8) is 0 Å². The molecule has 10 nitrogen and oxygen atoms in total. The first-order chi connectivity index (χ1) is 19.4. The number of halogens is 1. The van der Waals surface area contributed by atoms with Crippen molar-refractivity contribution in [1.29, 1.82) is 0 Å². The van der Waals surface area contributed by atoms with E-state index in [9.17, 15) is 14.7 Å². The summed E-state index contributed by atoms with van der Waals surface area (Å²) in [7, 11) is 0. The first-order valence-corrected chi connectivity index (χ1v) is 14.1. The van der Waals surface area contributed by atoms with Crippen molar-refractivity contribution in [1.82, 2.24) is 20.5 Å². The number of pyridine rings is 1. The van der Waals surface area contributed by atoms with Crippen molar-refractivity contribution in [3.8, 4) is 17.2 Å². The van der Waals surface area contributed by atoms with Gasteiger partial charge in [0.1, 0.15) is 30.0 Å². The first kappa shape index (κ1) is 27.9. The van der Waals surface area contributed by atoms with Gasteiger partial charge in [-0.2, -0.15) is 0 Å². The number of likely N-dealkylation sites (tertiary alicyclic amines) is 1. The maximum Gasteiger partial charge on any atom is 0.319 e. The standard InChI is InChI=1S/C29H34ClN5O5/c1-2-31-28(37)22-14-21-25(15-27(22)39-17-19(36)16-35-11-3-4-12-35)32-10-9-26(21)40-20-7-8-24(23(30)13-20)34-29(38)33-18-5-6-18/h7-10,13-15,18-19,36H,2-6,11-12,16-17H2,1H3,(H,31,37)(H2,33,34,38). The van der Waals surface area contributed by atoms with Gasteiger partial charge in [-0.05, 0) is 70.0 Å². The molecule has 40 heavy (non-hydrogen) atoms. The van der Waals surface area contributed by atoms with Gasteiger partial charge in [0.25, 0.3) is 5.91 Å². The summed E-state index contributed by atoms with van der Waals surface area (Å²) in [5, 5.41) is 19.9. The van der Waals surface area contributed by atoms with Gasteiger partial charge in [-0.1, -0.05) is 11.6 Å². The van der Waals surface area contributed by atoms with Crippen LogP contribution in [-0.4, -0.2) is 71.9 Å². The summed E-state index contributed by atoms with van der Waals surface area (Å²) >= 11 is 6.42. The fourth-order valence-corrected chi connectivity index (χ4v) is 4.87. The van der Waals surface area contributed by atoms with Gasteiger partial charge >= 0.3 is 6.03 Å². The molecule has 2 fully saturated rings. The zero-order chi connectivity index (χ0) is 28.1. The van der Waals surface area contributed by atoms with Crippen molar-refractivity contribution in [2.75, 3.05) is 38.1 Å². The van der Waals surface area contributed by atoms with Crippen molar-refractivity contribution >= 4 is 40.1 Å². The Morgan fingerprint density at radius 1 is 1.15 bits per heavy atom. The third-order valence-corrected chi connectivity index (χ3v) is 7.13. The average molecular weight is 568 g/mol. The van der Waals surface area contributed by atoms with Gasteiger partial charge < -0.3 is 35.4 Å². The monoisotopic (exact) mass is 567 g/mol. The highest BCUT2D eigenvalue weighted by atomic mass is 35.5. The van der Waals surface area contributed by atoms with E-state index in [1.807, 2.05) is 6.92 Å². The summed E-state index contributed by atoms with van der Waals surface area (Å²) in [5.74, 6) is 0.965. The van der Waals surface area contributed by atoms with Gasteiger partial charge in [-0.3, -0.25) is 9.78 Å². The van der Waals surface area contributed by atoms with Crippen molar-refractivity contribution in [3.05, 3.63) is 53.2 Å². The van der Waals surface area contributed by atoms with E-state index in [0.29, 0.717) is 57.5 Å². The number of hydrogen-bond acceptors (Lipinski definition) is 7. The molecule has 1 aliphatic carbocycles. The Hall–Kier alpha value is -3.60. The van der Waals surface area contributed by atoms with Gasteiger partial charge in [0, 0.05) is 42.8 Å². The molecule has 212 valence electrons. The predicted molar refractivity (Wildman–Crippen MR) is 154 cm³/mol. The van der Waals surface area contributed by atoms with Crippen LogP contribution in [0.4, 0.5) is 10.5 Å². The third kappa shape index (κ3) is 7.12. The Morgan fingerprint density at radius 3 is 2.67 bits per heavy atom. The minimum Gasteiger partial charge on any atom is -0.490 e. The number of anilines is 1. The molecule has 2 heterocycles. The van der Waals surface area contributed by atoms with E-state index in [4.69, 9.17) is 21.1 Å². The summed E-state index contributed by atoms with van der Waals surface area (Å²) in [5.41, 5.74) is 1.36. The summed E-state index contributed by atoms with van der Waals surface area (Å²) in [6.07, 6.45) is 5.18. The Balaban J connectivity index is 1.35. The Bertz CT molecular complexity index is 1380. The normalized spacial score (nSPS) is 16.0. The number of amides is 3. The molecule has 1 saturated heterocycles. The van der Waals surface area contributed by atoms with Crippen LogP contribution >= 0.6 is 11.6 Å². The molecule has 1 aliphatic heterocycles. The lowest BCUT2D eigenvalue weighted by Crippen LogP contribution is -2.34. The Kier molecular flexibility index (Phi) is 8.88. The maximum atomic E-state index is 13.0. The summed E-state index contributed by atoms with van der Waals surface area (Å²) in [6.45, 7) is 4.83. The fraction of sp³-hybridized carbons (Fsp3) is 0.414. The molecule has 1 unspecified atom stereocenters. The average Bonchev–Trinajstić information content (AvgIpc) is 3.59. The highest BCUT2D eigenvalue weighted by Gasteiger charge is 2.24. The quantitative estimate of drug-likeness (QED) is 0.268. The number of benzene rings is 2. The zero-order valence-electron chi connectivity index (χ0n) is 22.4. The van der Waals surface area contributed by atoms with E-state index in [1.165, 1.54) is 0 Å². The fourth-order valence-electron chi connectivity index (χ4n) is 4.65. The second-order valence-corrected chi connectivity index (χ2v) is 10.5. The minimum absolute atomic E-state index is 0.0577. The molecule has 11 heteroatoms. The van der Waals surface area contributed by atoms with Crippen LogP contribution in [-0.2, 0) is 0 Å². The lowest BCUT2D eigenvalue weighted by atomic mass is 10.1. The van der Waals surface area contributed by atoms with E-state index in [0.717, 1.165) is 38.8 Å². The number of rotatable bonds is 11. The van der Waals surface area contributed by atoms with Gasteiger partial charge in [0.2, 0.25) is 0 Å². The molecule has 1 saturated carbocycles.